The lowest BCUT2D eigenvalue weighted by Gasteiger charge is -2.17. The first-order chi connectivity index (χ1) is 21.3. The van der Waals surface area contributed by atoms with Crippen LogP contribution >= 0.6 is 0 Å². The predicted octanol–water partition coefficient (Wildman–Crippen LogP) is 9.90. The van der Waals surface area contributed by atoms with Crippen LogP contribution in [-0.2, 0) is 0 Å². The van der Waals surface area contributed by atoms with Crippen molar-refractivity contribution in [3.05, 3.63) is 157 Å². The molecule has 5 aromatic carbocycles. The summed E-state index contributed by atoms with van der Waals surface area (Å²) in [4.78, 5) is 14.8. The zero-order valence-corrected chi connectivity index (χ0v) is 23.4. The lowest BCUT2D eigenvalue weighted by Crippen LogP contribution is -2.05. The summed E-state index contributed by atoms with van der Waals surface area (Å²) in [7, 11) is 0. The molecule has 1 unspecified atom stereocenters. The molecule has 7 aromatic rings. The number of para-hydroxylation sites is 1. The van der Waals surface area contributed by atoms with E-state index in [9.17, 15) is 0 Å². The van der Waals surface area contributed by atoms with Crippen LogP contribution in [0, 0.1) is 0 Å². The van der Waals surface area contributed by atoms with E-state index in [-0.39, 0.29) is 0 Å². The minimum atomic E-state index is 0.351. The van der Waals surface area contributed by atoms with Gasteiger partial charge in [0.2, 0.25) is 0 Å². The quantitative estimate of drug-likeness (QED) is 0.213. The zero-order valence-electron chi connectivity index (χ0n) is 23.4. The van der Waals surface area contributed by atoms with Crippen LogP contribution in [0.2, 0.25) is 0 Å². The molecule has 4 nitrogen and oxygen atoms in total. The van der Waals surface area contributed by atoms with Gasteiger partial charge in [0.15, 0.2) is 17.5 Å². The van der Waals surface area contributed by atoms with Gasteiger partial charge < -0.3 is 4.42 Å². The Morgan fingerprint density at radius 2 is 1.16 bits per heavy atom. The van der Waals surface area contributed by atoms with Crippen LogP contribution in [0.15, 0.2) is 150 Å². The molecule has 0 N–H and O–H groups in total. The van der Waals surface area contributed by atoms with E-state index in [0.717, 1.165) is 56.2 Å². The van der Waals surface area contributed by atoms with Crippen LogP contribution in [-0.4, -0.2) is 15.0 Å². The Balaban J connectivity index is 1.18. The van der Waals surface area contributed by atoms with Gasteiger partial charge in [-0.05, 0) is 35.2 Å². The van der Waals surface area contributed by atoms with Gasteiger partial charge in [-0.25, -0.2) is 15.0 Å². The van der Waals surface area contributed by atoms with Crippen LogP contribution in [0.3, 0.4) is 0 Å². The van der Waals surface area contributed by atoms with E-state index in [2.05, 4.69) is 91.0 Å². The molecular formula is C39H27N3O. The van der Waals surface area contributed by atoms with Crippen LogP contribution in [0.4, 0.5) is 0 Å². The second-order valence-corrected chi connectivity index (χ2v) is 10.8. The molecule has 0 radical (unpaired) electrons. The molecule has 0 fully saturated rings. The van der Waals surface area contributed by atoms with Crippen LogP contribution in [0.25, 0.3) is 61.4 Å². The van der Waals surface area contributed by atoms with Gasteiger partial charge in [-0.2, -0.15) is 0 Å². The van der Waals surface area contributed by atoms with E-state index in [1.54, 1.807) is 0 Å². The highest BCUT2D eigenvalue weighted by Crippen LogP contribution is 2.37. The highest BCUT2D eigenvalue weighted by Gasteiger charge is 2.17. The summed E-state index contributed by atoms with van der Waals surface area (Å²) in [6, 6.07) is 43.6. The van der Waals surface area contributed by atoms with E-state index >= 15 is 0 Å². The maximum absolute atomic E-state index is 6.13. The predicted molar refractivity (Wildman–Crippen MR) is 174 cm³/mol. The number of benzene rings is 5. The fourth-order valence-corrected chi connectivity index (χ4v) is 5.90. The zero-order chi connectivity index (χ0) is 28.6. The van der Waals surface area contributed by atoms with Crippen molar-refractivity contribution in [3.8, 4) is 33.9 Å². The van der Waals surface area contributed by atoms with Crippen molar-refractivity contribution in [3.63, 3.8) is 0 Å². The van der Waals surface area contributed by atoms with Gasteiger partial charge in [-0.3, -0.25) is 0 Å². The minimum absolute atomic E-state index is 0.351. The average molecular weight is 554 g/mol. The molecule has 0 saturated carbocycles. The molecule has 0 amide bonds. The third-order valence-electron chi connectivity index (χ3n) is 8.11. The van der Waals surface area contributed by atoms with Crippen LogP contribution in [0.5, 0.6) is 0 Å². The van der Waals surface area contributed by atoms with Crippen LogP contribution < -0.4 is 0 Å². The van der Waals surface area contributed by atoms with Gasteiger partial charge in [0.05, 0.1) is 0 Å². The molecule has 204 valence electrons. The number of hydrogen-bond donors (Lipinski definition) is 0. The summed E-state index contributed by atoms with van der Waals surface area (Å²) in [5.74, 6) is 2.36. The first kappa shape index (κ1) is 25.1. The maximum atomic E-state index is 6.13. The van der Waals surface area contributed by atoms with Crippen molar-refractivity contribution < 1.29 is 4.42 Å². The summed E-state index contributed by atoms with van der Waals surface area (Å²) in [6.45, 7) is 0. The fraction of sp³-hybridized carbons (Fsp3) is 0.0513. The van der Waals surface area contributed by atoms with Gasteiger partial charge in [-0.15, -0.1) is 0 Å². The fourth-order valence-electron chi connectivity index (χ4n) is 5.90. The number of rotatable bonds is 5. The third-order valence-corrected chi connectivity index (χ3v) is 8.11. The summed E-state index contributed by atoms with van der Waals surface area (Å²) >= 11 is 0. The van der Waals surface area contributed by atoms with Gasteiger partial charge >= 0.3 is 0 Å². The molecule has 1 aliphatic carbocycles. The second-order valence-electron chi connectivity index (χ2n) is 10.8. The molecule has 0 aliphatic heterocycles. The Hall–Kier alpha value is -5.61. The van der Waals surface area contributed by atoms with Gasteiger partial charge in [0.1, 0.15) is 11.2 Å². The minimum Gasteiger partial charge on any atom is -0.456 e. The summed E-state index contributed by atoms with van der Waals surface area (Å²) in [6.07, 6.45) is 7.55. The number of nitrogens with zero attached hydrogens (tertiary/aromatic N) is 3. The molecule has 0 bridgehead atoms. The van der Waals surface area contributed by atoms with Crippen molar-refractivity contribution in [2.75, 3.05) is 0 Å². The smallest absolute Gasteiger partial charge is 0.164 e. The van der Waals surface area contributed by atoms with E-state index < -0.39 is 0 Å². The molecule has 43 heavy (non-hydrogen) atoms. The summed E-state index contributed by atoms with van der Waals surface area (Å²) < 4.78 is 6.13. The first-order valence-corrected chi connectivity index (χ1v) is 14.6. The Labute approximate surface area is 249 Å². The van der Waals surface area contributed by atoms with Crippen molar-refractivity contribution in [1.29, 1.82) is 0 Å². The number of hydrogen-bond acceptors (Lipinski definition) is 4. The monoisotopic (exact) mass is 553 g/mol. The molecule has 8 rings (SSSR count). The second kappa shape index (κ2) is 10.7. The van der Waals surface area contributed by atoms with E-state index in [0.29, 0.717) is 23.4 Å². The Kier molecular flexibility index (Phi) is 6.23. The van der Waals surface area contributed by atoms with Crippen molar-refractivity contribution in [2.45, 2.75) is 12.3 Å². The third kappa shape index (κ3) is 4.73. The highest BCUT2D eigenvalue weighted by molar-refractivity contribution is 6.12. The lowest BCUT2D eigenvalue weighted by molar-refractivity contribution is 0.669. The number of allylic oxidation sites excluding steroid dienone is 4. The van der Waals surface area contributed by atoms with E-state index in [1.165, 1.54) is 5.56 Å². The van der Waals surface area contributed by atoms with Gasteiger partial charge in [0.25, 0.3) is 0 Å². The maximum Gasteiger partial charge on any atom is 0.164 e. The number of fused-ring (bicyclic) bond motifs is 3. The average Bonchev–Trinajstić information content (AvgIpc) is 3.48. The SMILES string of the molecule is C1=CC(c2ccccc2)CC=C1c1nc(-c2ccccc2)nc(-c2ccc(-c3cccc4oc5ccccc5c34)cc2)n1. The molecule has 0 saturated heterocycles. The van der Waals surface area contributed by atoms with E-state index in [4.69, 9.17) is 19.4 Å². The molecule has 2 aromatic heterocycles. The van der Waals surface area contributed by atoms with Crippen LogP contribution in [0.1, 0.15) is 23.7 Å². The summed E-state index contributed by atoms with van der Waals surface area (Å²) in [5, 5.41) is 2.25. The number of aromatic nitrogens is 3. The summed E-state index contributed by atoms with van der Waals surface area (Å²) in [5.41, 5.74) is 8.28. The van der Waals surface area contributed by atoms with Gasteiger partial charge in [-0.1, -0.05) is 133 Å². The Morgan fingerprint density at radius 1 is 0.535 bits per heavy atom. The molecular weight excluding hydrogens is 526 g/mol. The van der Waals surface area contributed by atoms with Gasteiger partial charge in [0, 0.05) is 33.4 Å². The van der Waals surface area contributed by atoms with E-state index in [1.807, 2.05) is 54.6 Å². The highest BCUT2D eigenvalue weighted by atomic mass is 16.3. The molecule has 1 aliphatic rings. The Morgan fingerprint density at radius 3 is 1.91 bits per heavy atom. The number of furan rings is 1. The lowest BCUT2D eigenvalue weighted by atomic mass is 9.90. The van der Waals surface area contributed by atoms with Crippen molar-refractivity contribution in [2.24, 2.45) is 0 Å². The topological polar surface area (TPSA) is 51.8 Å². The Bertz CT molecular complexity index is 2140. The molecule has 2 heterocycles. The first-order valence-electron chi connectivity index (χ1n) is 14.6. The normalized spacial score (nSPS) is 14.7. The molecule has 0 spiro atoms. The standard InChI is InChI=1S/C39H27N3O/c1-3-10-26(11-4-1)27-18-22-30(23-19-27)38-40-37(29-12-5-2-6-13-29)41-39(42-38)31-24-20-28(21-25-31)32-15-9-17-35-36(32)33-14-7-8-16-34(33)43-35/h1-18,20-25,27H,19H2. The largest absolute Gasteiger partial charge is 0.456 e. The van der Waals surface area contributed by atoms with Crippen molar-refractivity contribution in [1.82, 2.24) is 15.0 Å². The molecule has 4 heteroatoms. The van der Waals surface area contributed by atoms with Crippen molar-refractivity contribution >= 4 is 27.5 Å². The molecule has 1 atom stereocenters.